The molecule has 18 heteroatoms. The van der Waals surface area contributed by atoms with Crippen molar-refractivity contribution in [1.82, 2.24) is 30.4 Å². The number of rotatable bonds is 14. The molecule has 2 saturated carbocycles. The van der Waals surface area contributed by atoms with Crippen molar-refractivity contribution in [2.24, 2.45) is 23.3 Å². The van der Waals surface area contributed by atoms with E-state index >= 15 is 0 Å². The number of halogens is 2. The molecule has 9 rings (SSSR count). The maximum absolute atomic E-state index is 14.1. The number of hydrogen-bond acceptors (Lipinski definition) is 12. The number of likely N-dealkylation sites (tertiary alicyclic amines) is 2. The number of benzene rings is 3. The van der Waals surface area contributed by atoms with Crippen molar-refractivity contribution in [3.8, 4) is 0 Å². The van der Waals surface area contributed by atoms with Crippen LogP contribution in [-0.4, -0.2) is 92.2 Å². The fraction of sp³-hybridized carbons (Fsp3) is 0.423. The Labute approximate surface area is 412 Å². The van der Waals surface area contributed by atoms with Gasteiger partial charge in [0, 0.05) is 58.2 Å². The molecule has 6 N–H and O–H groups in total. The van der Waals surface area contributed by atoms with Crippen molar-refractivity contribution in [3.05, 3.63) is 139 Å². The van der Waals surface area contributed by atoms with Gasteiger partial charge in [0.1, 0.15) is 33.0 Å². The third-order valence-electron chi connectivity index (χ3n) is 14.4. The van der Waals surface area contributed by atoms with Crippen molar-refractivity contribution in [2.45, 2.75) is 113 Å². The number of nitrogens with one attached hydrogen (secondary N) is 2. The molecule has 6 unspecified atom stereocenters. The number of nitrogens with two attached hydrogens (primary N) is 2. The highest BCUT2D eigenvalue weighted by molar-refractivity contribution is 7.10. The summed E-state index contributed by atoms with van der Waals surface area (Å²) in [5.74, 6) is -2.86. The molecule has 2 aliphatic heterocycles. The number of carbonyl (C=O) groups excluding carboxylic acids is 6. The second-order valence-electron chi connectivity index (χ2n) is 19.1. The third-order valence-corrected chi connectivity index (χ3v) is 16.3. The molecule has 4 fully saturated rings. The molecule has 0 radical (unpaired) electrons. The van der Waals surface area contributed by atoms with Gasteiger partial charge < -0.3 is 31.9 Å². The van der Waals surface area contributed by atoms with Gasteiger partial charge in [0.2, 0.25) is 23.4 Å². The normalized spacial score (nSPS) is 21.8. The molecule has 366 valence electrons. The Morgan fingerprint density at radius 3 is 1.23 bits per heavy atom. The van der Waals surface area contributed by atoms with Gasteiger partial charge in [-0.2, -0.15) is 0 Å². The van der Waals surface area contributed by atoms with E-state index in [1.54, 1.807) is 44.8 Å². The average Bonchev–Trinajstić information content (AvgIpc) is 4.23. The van der Waals surface area contributed by atoms with Crippen LogP contribution in [0.5, 0.6) is 0 Å². The lowest BCUT2D eigenvalue weighted by molar-refractivity contribution is -0.136. The van der Waals surface area contributed by atoms with E-state index in [4.69, 9.17) is 11.5 Å². The highest BCUT2D eigenvalue weighted by Crippen LogP contribution is 2.39. The Bertz CT molecular complexity index is 2540. The zero-order valence-corrected chi connectivity index (χ0v) is 40.2. The van der Waals surface area contributed by atoms with Gasteiger partial charge in [-0.25, -0.2) is 18.7 Å². The zero-order chi connectivity index (χ0) is 49.1. The molecular formula is C52H56F2N8O6S2. The minimum Gasteiger partial charge on any atom is -0.347 e. The number of carbonyl (C=O) groups is 6. The molecule has 0 bridgehead atoms. The summed E-state index contributed by atoms with van der Waals surface area (Å²) >= 11 is 2.48. The predicted octanol–water partition coefficient (Wildman–Crippen LogP) is 7.30. The van der Waals surface area contributed by atoms with Gasteiger partial charge in [0.15, 0.2) is 0 Å². The molecule has 6 atom stereocenters. The van der Waals surface area contributed by atoms with Crippen LogP contribution in [0.3, 0.4) is 0 Å². The van der Waals surface area contributed by atoms with E-state index in [1.165, 1.54) is 71.2 Å². The average molecular weight is 991 g/mol. The first kappa shape index (κ1) is 48.9. The smallest absolute Gasteiger partial charge is 0.251 e. The summed E-state index contributed by atoms with van der Waals surface area (Å²) in [6, 6.07) is 13.2. The van der Waals surface area contributed by atoms with Gasteiger partial charge in [0.05, 0.1) is 24.2 Å². The van der Waals surface area contributed by atoms with Crippen LogP contribution in [0.4, 0.5) is 8.78 Å². The Morgan fingerprint density at radius 2 is 0.871 bits per heavy atom. The second-order valence-corrected chi connectivity index (χ2v) is 20.8. The lowest BCUT2D eigenvalue weighted by atomic mass is 9.83. The van der Waals surface area contributed by atoms with Gasteiger partial charge in [-0.15, -0.1) is 22.7 Å². The van der Waals surface area contributed by atoms with Crippen LogP contribution in [0.15, 0.2) is 83.6 Å². The van der Waals surface area contributed by atoms with Gasteiger partial charge in [0.25, 0.3) is 11.8 Å². The molecule has 2 aromatic heterocycles. The molecule has 5 aromatic rings. The van der Waals surface area contributed by atoms with Crippen molar-refractivity contribution in [3.63, 3.8) is 0 Å². The fourth-order valence-electron chi connectivity index (χ4n) is 10.5. The molecule has 14 nitrogen and oxygen atoms in total. The van der Waals surface area contributed by atoms with Crippen LogP contribution >= 0.6 is 22.7 Å². The largest absolute Gasteiger partial charge is 0.347 e. The van der Waals surface area contributed by atoms with Crippen LogP contribution in [0.25, 0.3) is 0 Å². The molecular weight excluding hydrogens is 935 g/mol. The number of nitrogens with zero attached hydrogens (tertiary/aromatic N) is 4. The molecule has 0 spiro atoms. The number of hydrogen-bond donors (Lipinski definition) is 4. The molecule has 4 amide bonds. The first-order chi connectivity index (χ1) is 33.8. The summed E-state index contributed by atoms with van der Waals surface area (Å²) in [6.45, 7) is 0.356. The summed E-state index contributed by atoms with van der Waals surface area (Å²) in [7, 11) is 0. The van der Waals surface area contributed by atoms with E-state index in [9.17, 15) is 37.5 Å². The van der Waals surface area contributed by atoms with Crippen molar-refractivity contribution in [2.75, 3.05) is 13.1 Å². The Morgan fingerprint density at radius 1 is 0.529 bits per heavy atom. The van der Waals surface area contributed by atoms with Crippen molar-refractivity contribution >= 4 is 57.9 Å². The summed E-state index contributed by atoms with van der Waals surface area (Å²) in [4.78, 5) is 95.1. The highest BCUT2D eigenvalue weighted by atomic mass is 32.1. The van der Waals surface area contributed by atoms with Crippen molar-refractivity contribution in [1.29, 1.82) is 0 Å². The topological polar surface area (TPSA) is 211 Å². The van der Waals surface area contributed by atoms with Crippen LogP contribution in [0.1, 0.15) is 152 Å². The van der Waals surface area contributed by atoms with Crippen LogP contribution in [0, 0.1) is 23.5 Å². The molecule has 4 heterocycles. The van der Waals surface area contributed by atoms with Gasteiger partial charge >= 0.3 is 0 Å². The predicted molar refractivity (Wildman–Crippen MR) is 260 cm³/mol. The van der Waals surface area contributed by atoms with Crippen molar-refractivity contribution < 1.29 is 37.5 Å². The maximum atomic E-state index is 14.1. The first-order valence-electron chi connectivity index (χ1n) is 24.2. The van der Waals surface area contributed by atoms with E-state index < -0.39 is 59.7 Å². The second kappa shape index (κ2) is 21.5. The fourth-order valence-corrected chi connectivity index (χ4v) is 12.4. The van der Waals surface area contributed by atoms with E-state index in [0.717, 1.165) is 64.2 Å². The Balaban J connectivity index is 0.867. The van der Waals surface area contributed by atoms with E-state index in [-0.39, 0.29) is 70.8 Å². The van der Waals surface area contributed by atoms with E-state index in [1.807, 2.05) is 0 Å². The zero-order valence-electron chi connectivity index (χ0n) is 38.6. The Kier molecular flexibility index (Phi) is 15.0. The Hall–Kier alpha value is -6.08. The number of ketones is 2. The van der Waals surface area contributed by atoms with Crippen LogP contribution < -0.4 is 22.1 Å². The summed E-state index contributed by atoms with van der Waals surface area (Å²) in [6.07, 6.45) is 10.3. The van der Waals surface area contributed by atoms with Gasteiger partial charge in [-0.1, -0.05) is 38.5 Å². The standard InChI is InChI=1S/C52H56F2N8O6S2/c53-35-19-15-31(16-20-35)45(63)39-27-69-49(59-39)41-23-37(25-61(41)51(67)43(55)29-7-3-1-4-8-29)57-47(65)33-11-13-34(14-12-33)48(66)58-38-24-42(62(26-38)52(68)44(56)30-9-5-2-6-10-30)50-60-40(28-70-50)46(64)32-17-21-36(54)22-18-32/h11-22,27-30,37-38,41-44H,1-10,23-26,55-56H2,(H,57,65)(H,58,66). The molecule has 4 aliphatic rings. The summed E-state index contributed by atoms with van der Waals surface area (Å²) < 4.78 is 27.2. The summed E-state index contributed by atoms with van der Waals surface area (Å²) in [5.41, 5.74) is 14.8. The minimum absolute atomic E-state index is 0.0393. The lowest BCUT2D eigenvalue weighted by Crippen LogP contribution is -2.49. The molecule has 3 aromatic carbocycles. The third kappa shape index (κ3) is 10.8. The maximum Gasteiger partial charge on any atom is 0.251 e. The van der Waals surface area contributed by atoms with Gasteiger partial charge in [-0.05, 0) is 123 Å². The van der Waals surface area contributed by atoms with E-state index in [0.29, 0.717) is 34.0 Å². The highest BCUT2D eigenvalue weighted by Gasteiger charge is 2.44. The number of thiazole rings is 2. The van der Waals surface area contributed by atoms with Gasteiger partial charge in [-0.3, -0.25) is 28.8 Å². The molecule has 2 aliphatic carbocycles. The molecule has 70 heavy (non-hydrogen) atoms. The number of aromatic nitrogens is 2. The summed E-state index contributed by atoms with van der Waals surface area (Å²) in [5, 5.41) is 10.4. The lowest BCUT2D eigenvalue weighted by Gasteiger charge is -2.32. The van der Waals surface area contributed by atoms with Crippen LogP contribution in [-0.2, 0) is 9.59 Å². The molecule has 2 saturated heterocycles. The minimum atomic E-state index is -0.723. The SMILES string of the molecule is NC(C(=O)N1CC(NC(=O)c2ccc(C(=O)NC3CC(c4nc(C(=O)c5ccc(F)cc5)cs4)N(C(=O)C(N)C4CCCCC4)C3)cc2)CC1c1nc(C(=O)c2ccc(F)cc2)cs1)C1CCCCC1. The monoisotopic (exact) mass is 990 g/mol. The number of amides is 4. The van der Waals surface area contributed by atoms with Crippen LogP contribution in [0.2, 0.25) is 0 Å². The first-order valence-corrected chi connectivity index (χ1v) is 25.9. The van der Waals surface area contributed by atoms with E-state index in [2.05, 4.69) is 20.6 Å². The quantitative estimate of drug-likeness (QED) is 0.0816.